The highest BCUT2D eigenvalue weighted by atomic mass is 16.4. The van der Waals surface area contributed by atoms with Gasteiger partial charge in [-0.25, -0.2) is 0 Å². The van der Waals surface area contributed by atoms with Crippen LogP contribution in [-0.4, -0.2) is 11.1 Å². The van der Waals surface area contributed by atoms with Crippen molar-refractivity contribution in [3.05, 3.63) is 41.0 Å². The standard InChI is InChI=1S/C12H12O2/c13-12(14)8-9-5-6-10-3-1-2-4-11(10)7-9/h1-4,7H,5-6,8H2,(H,13,14). The molecule has 0 saturated heterocycles. The number of aryl methyl sites for hydroxylation is 1. The SMILES string of the molecule is O=C(O)CC1=Cc2ccccc2CC1. The summed E-state index contributed by atoms with van der Waals surface area (Å²) in [5.74, 6) is -0.740. The van der Waals surface area contributed by atoms with Crippen molar-refractivity contribution in [1.29, 1.82) is 0 Å². The van der Waals surface area contributed by atoms with Crippen molar-refractivity contribution in [2.75, 3.05) is 0 Å². The summed E-state index contributed by atoms with van der Waals surface area (Å²) >= 11 is 0. The van der Waals surface area contributed by atoms with Crippen LogP contribution in [0.15, 0.2) is 29.8 Å². The van der Waals surface area contributed by atoms with Gasteiger partial charge in [-0.15, -0.1) is 0 Å². The molecule has 0 heterocycles. The highest BCUT2D eigenvalue weighted by molar-refractivity contribution is 5.73. The third-order valence-electron chi connectivity index (χ3n) is 2.51. The average molecular weight is 188 g/mol. The molecule has 72 valence electrons. The van der Waals surface area contributed by atoms with E-state index in [2.05, 4.69) is 6.07 Å². The van der Waals surface area contributed by atoms with E-state index in [1.165, 1.54) is 11.1 Å². The number of hydrogen-bond acceptors (Lipinski definition) is 1. The molecule has 1 aliphatic rings. The molecule has 1 aromatic carbocycles. The Morgan fingerprint density at radius 2 is 2.07 bits per heavy atom. The van der Waals surface area contributed by atoms with E-state index < -0.39 is 5.97 Å². The fourth-order valence-electron chi connectivity index (χ4n) is 1.82. The van der Waals surface area contributed by atoms with E-state index in [4.69, 9.17) is 5.11 Å². The molecule has 1 aromatic rings. The summed E-state index contributed by atoms with van der Waals surface area (Å²) in [5, 5.41) is 8.67. The number of benzene rings is 1. The first kappa shape index (κ1) is 9.00. The Balaban J connectivity index is 2.26. The van der Waals surface area contributed by atoms with Crippen LogP contribution in [0, 0.1) is 0 Å². The summed E-state index contributed by atoms with van der Waals surface area (Å²) in [6.07, 6.45) is 4.03. The van der Waals surface area contributed by atoms with E-state index in [9.17, 15) is 4.79 Å². The van der Waals surface area contributed by atoms with Crippen LogP contribution in [0.5, 0.6) is 0 Å². The summed E-state index contributed by atoms with van der Waals surface area (Å²) in [6.45, 7) is 0. The van der Waals surface area contributed by atoms with Crippen molar-refractivity contribution < 1.29 is 9.90 Å². The fraction of sp³-hybridized carbons (Fsp3) is 0.250. The van der Waals surface area contributed by atoms with Crippen LogP contribution >= 0.6 is 0 Å². The van der Waals surface area contributed by atoms with Gasteiger partial charge in [0, 0.05) is 0 Å². The van der Waals surface area contributed by atoms with Crippen molar-refractivity contribution in [3.8, 4) is 0 Å². The number of aliphatic carboxylic acids is 1. The van der Waals surface area contributed by atoms with Crippen LogP contribution in [-0.2, 0) is 11.2 Å². The van der Waals surface area contributed by atoms with Crippen LogP contribution in [0.1, 0.15) is 24.0 Å². The largest absolute Gasteiger partial charge is 0.481 e. The van der Waals surface area contributed by atoms with Crippen LogP contribution in [0.25, 0.3) is 6.08 Å². The Labute approximate surface area is 82.9 Å². The van der Waals surface area contributed by atoms with Crippen molar-refractivity contribution >= 4 is 12.0 Å². The Morgan fingerprint density at radius 1 is 1.29 bits per heavy atom. The van der Waals surface area contributed by atoms with Crippen LogP contribution < -0.4 is 0 Å². The zero-order valence-corrected chi connectivity index (χ0v) is 7.86. The summed E-state index contributed by atoms with van der Waals surface area (Å²) in [6, 6.07) is 8.15. The number of fused-ring (bicyclic) bond motifs is 1. The first-order chi connectivity index (χ1) is 6.75. The second-order valence-corrected chi connectivity index (χ2v) is 3.57. The first-order valence-electron chi connectivity index (χ1n) is 4.75. The molecule has 1 N–H and O–H groups in total. The lowest BCUT2D eigenvalue weighted by atomic mass is 9.91. The molecule has 0 radical (unpaired) electrons. The highest BCUT2D eigenvalue weighted by Crippen LogP contribution is 2.25. The minimum atomic E-state index is -0.740. The maximum atomic E-state index is 10.5. The normalized spacial score (nSPS) is 14.4. The van der Waals surface area contributed by atoms with Gasteiger partial charge in [-0.1, -0.05) is 35.9 Å². The predicted molar refractivity (Wildman–Crippen MR) is 55.0 cm³/mol. The van der Waals surface area contributed by atoms with E-state index >= 15 is 0 Å². The highest BCUT2D eigenvalue weighted by Gasteiger charge is 2.11. The molecule has 0 aliphatic heterocycles. The van der Waals surface area contributed by atoms with E-state index in [-0.39, 0.29) is 6.42 Å². The third kappa shape index (κ3) is 1.84. The van der Waals surface area contributed by atoms with Gasteiger partial charge in [-0.2, -0.15) is 0 Å². The number of carbonyl (C=O) groups is 1. The Hall–Kier alpha value is -1.57. The summed E-state index contributed by atoms with van der Waals surface area (Å²) < 4.78 is 0. The van der Waals surface area contributed by atoms with Gasteiger partial charge in [0.1, 0.15) is 0 Å². The molecule has 0 amide bonds. The molecule has 2 heteroatoms. The molecule has 0 fully saturated rings. The number of carboxylic acids is 1. The maximum Gasteiger partial charge on any atom is 0.307 e. The summed E-state index contributed by atoms with van der Waals surface area (Å²) in [7, 11) is 0. The van der Waals surface area contributed by atoms with Crippen molar-refractivity contribution in [3.63, 3.8) is 0 Å². The van der Waals surface area contributed by atoms with Crippen molar-refractivity contribution in [2.45, 2.75) is 19.3 Å². The molecule has 0 spiro atoms. The number of carboxylic acid groups (broad SMARTS) is 1. The smallest absolute Gasteiger partial charge is 0.307 e. The molecule has 0 saturated carbocycles. The first-order valence-corrected chi connectivity index (χ1v) is 4.75. The molecular weight excluding hydrogens is 176 g/mol. The van der Waals surface area contributed by atoms with Crippen LogP contribution in [0.2, 0.25) is 0 Å². The predicted octanol–water partition coefficient (Wildman–Crippen LogP) is 2.49. The van der Waals surface area contributed by atoms with E-state index in [0.29, 0.717) is 0 Å². The molecular formula is C12H12O2. The molecule has 1 aliphatic carbocycles. The van der Waals surface area contributed by atoms with Crippen molar-refractivity contribution in [1.82, 2.24) is 0 Å². The molecule has 2 rings (SSSR count). The Bertz CT molecular complexity index is 391. The second-order valence-electron chi connectivity index (χ2n) is 3.57. The van der Waals surface area contributed by atoms with E-state index in [0.717, 1.165) is 18.4 Å². The van der Waals surface area contributed by atoms with Gasteiger partial charge in [0.15, 0.2) is 0 Å². The monoisotopic (exact) mass is 188 g/mol. The van der Waals surface area contributed by atoms with Crippen LogP contribution in [0.4, 0.5) is 0 Å². The van der Waals surface area contributed by atoms with E-state index in [1.54, 1.807) is 0 Å². The quantitative estimate of drug-likeness (QED) is 0.774. The minimum absolute atomic E-state index is 0.175. The topological polar surface area (TPSA) is 37.3 Å². The van der Waals surface area contributed by atoms with Crippen molar-refractivity contribution in [2.24, 2.45) is 0 Å². The Morgan fingerprint density at radius 3 is 2.86 bits per heavy atom. The summed E-state index contributed by atoms with van der Waals surface area (Å²) in [4.78, 5) is 10.5. The lowest BCUT2D eigenvalue weighted by molar-refractivity contribution is -0.136. The minimum Gasteiger partial charge on any atom is -0.481 e. The van der Waals surface area contributed by atoms with E-state index in [1.807, 2.05) is 24.3 Å². The van der Waals surface area contributed by atoms with Crippen LogP contribution in [0.3, 0.4) is 0 Å². The van der Waals surface area contributed by atoms with Gasteiger partial charge in [0.2, 0.25) is 0 Å². The number of rotatable bonds is 2. The van der Waals surface area contributed by atoms with Gasteiger partial charge < -0.3 is 5.11 Å². The molecule has 0 aromatic heterocycles. The molecule has 14 heavy (non-hydrogen) atoms. The molecule has 0 atom stereocenters. The van der Waals surface area contributed by atoms with Gasteiger partial charge in [-0.3, -0.25) is 4.79 Å². The van der Waals surface area contributed by atoms with Gasteiger partial charge in [0.25, 0.3) is 0 Å². The zero-order chi connectivity index (χ0) is 9.97. The number of hydrogen-bond donors (Lipinski definition) is 1. The fourth-order valence-corrected chi connectivity index (χ4v) is 1.82. The average Bonchev–Trinajstić information content (AvgIpc) is 2.17. The van der Waals surface area contributed by atoms with Gasteiger partial charge in [0.05, 0.1) is 6.42 Å². The van der Waals surface area contributed by atoms with Gasteiger partial charge >= 0.3 is 5.97 Å². The van der Waals surface area contributed by atoms with Gasteiger partial charge in [-0.05, 0) is 24.0 Å². The third-order valence-corrected chi connectivity index (χ3v) is 2.51. The lowest BCUT2D eigenvalue weighted by Gasteiger charge is -2.14. The second kappa shape index (κ2) is 3.66. The zero-order valence-electron chi connectivity index (χ0n) is 7.86. The lowest BCUT2D eigenvalue weighted by Crippen LogP contribution is -2.03. The molecule has 0 bridgehead atoms. The molecule has 0 unspecified atom stereocenters. The summed E-state index contributed by atoms with van der Waals surface area (Å²) in [5.41, 5.74) is 3.52. The maximum absolute atomic E-state index is 10.5. The Kier molecular flexibility index (Phi) is 2.35. The molecule has 2 nitrogen and oxygen atoms in total.